The van der Waals surface area contributed by atoms with Gasteiger partial charge in [-0.05, 0) is 131 Å². The summed E-state index contributed by atoms with van der Waals surface area (Å²) in [6.07, 6.45) is 6.81. The van der Waals surface area contributed by atoms with Crippen molar-refractivity contribution < 1.29 is 0 Å². The zero-order valence-corrected chi connectivity index (χ0v) is 30.0. The minimum atomic E-state index is 0.0539. The lowest BCUT2D eigenvalue weighted by Gasteiger charge is -2.61. The molecule has 7 aromatic rings. The van der Waals surface area contributed by atoms with E-state index in [4.69, 9.17) is 15.0 Å². The lowest BCUT2D eigenvalue weighted by Crippen LogP contribution is -2.55. The lowest BCUT2D eigenvalue weighted by atomic mass is 9.43. The standard InChI is InChI=1S/C50H38N4/c51-30-31-14-16-34(17-15-31)38-19-21-45-44(28-38)43-20-18-39(29-46(43)50(45)41-23-32-22-33(25-41)26-42(50)24-32)37-12-7-13-40(27-37)49-53-47(35-8-3-1-4-9-35)52-48(54-49)36-10-5-2-6-11-36/h1-21,27-29,32-33,41-42H,22-26H2. The number of nitrogens with zero attached hydrogens (tertiary/aromatic N) is 4. The van der Waals surface area contributed by atoms with Gasteiger partial charge in [0.1, 0.15) is 0 Å². The summed E-state index contributed by atoms with van der Waals surface area (Å²) in [4.78, 5) is 15.0. The Kier molecular flexibility index (Phi) is 7.07. The van der Waals surface area contributed by atoms with E-state index < -0.39 is 0 Å². The first-order chi connectivity index (χ1) is 26.6. The molecule has 6 aromatic carbocycles. The van der Waals surface area contributed by atoms with Crippen LogP contribution >= 0.6 is 0 Å². The van der Waals surface area contributed by atoms with E-state index >= 15 is 0 Å². The Morgan fingerprint density at radius 1 is 0.426 bits per heavy atom. The Labute approximate surface area is 316 Å². The van der Waals surface area contributed by atoms with Crippen LogP contribution in [0.3, 0.4) is 0 Å². The molecule has 0 radical (unpaired) electrons. The van der Waals surface area contributed by atoms with Crippen LogP contribution in [-0.4, -0.2) is 15.0 Å². The van der Waals surface area contributed by atoms with Gasteiger partial charge in [-0.2, -0.15) is 5.26 Å². The lowest BCUT2D eigenvalue weighted by molar-refractivity contribution is -0.0399. The van der Waals surface area contributed by atoms with Crippen LogP contribution in [0.1, 0.15) is 48.8 Å². The highest BCUT2D eigenvalue weighted by Crippen LogP contribution is 2.69. The second kappa shape index (κ2) is 12.2. The van der Waals surface area contributed by atoms with Gasteiger partial charge in [0, 0.05) is 22.1 Å². The summed E-state index contributed by atoms with van der Waals surface area (Å²) >= 11 is 0. The molecule has 4 fully saturated rings. The first-order valence-electron chi connectivity index (χ1n) is 19.4. The van der Waals surface area contributed by atoms with Gasteiger partial charge in [-0.15, -0.1) is 0 Å². The van der Waals surface area contributed by atoms with Crippen molar-refractivity contribution in [3.8, 4) is 73.6 Å². The fourth-order valence-electron chi connectivity index (χ4n) is 11.1. The summed E-state index contributed by atoms with van der Waals surface area (Å²) in [5.41, 5.74) is 14.3. The molecule has 5 aliphatic carbocycles. The monoisotopic (exact) mass is 694 g/mol. The predicted octanol–water partition coefficient (Wildman–Crippen LogP) is 11.8. The van der Waals surface area contributed by atoms with Crippen LogP contribution in [0.4, 0.5) is 0 Å². The summed E-state index contributed by atoms with van der Waals surface area (Å²) < 4.78 is 0. The molecule has 1 aromatic heterocycles. The van der Waals surface area contributed by atoms with E-state index in [1.807, 2.05) is 48.5 Å². The molecule has 1 heterocycles. The largest absolute Gasteiger partial charge is 0.208 e. The van der Waals surface area contributed by atoms with Crippen LogP contribution in [0.15, 0.2) is 146 Å². The molecule has 0 aliphatic heterocycles. The van der Waals surface area contributed by atoms with Crippen LogP contribution in [-0.2, 0) is 5.41 Å². The van der Waals surface area contributed by atoms with Gasteiger partial charge in [-0.25, -0.2) is 15.0 Å². The number of aromatic nitrogens is 3. The number of nitriles is 1. The van der Waals surface area contributed by atoms with Gasteiger partial charge < -0.3 is 0 Å². The summed E-state index contributed by atoms with van der Waals surface area (Å²) in [5.74, 6) is 5.12. The van der Waals surface area contributed by atoms with Crippen LogP contribution in [0.2, 0.25) is 0 Å². The van der Waals surface area contributed by atoms with Gasteiger partial charge >= 0.3 is 0 Å². The van der Waals surface area contributed by atoms with Crippen molar-refractivity contribution in [1.29, 1.82) is 5.26 Å². The van der Waals surface area contributed by atoms with Gasteiger partial charge in [-0.1, -0.05) is 115 Å². The normalized spacial score (nSPS) is 22.9. The molecule has 258 valence electrons. The molecule has 4 heteroatoms. The minimum absolute atomic E-state index is 0.0539. The molecule has 1 spiro atoms. The Balaban J connectivity index is 1.04. The van der Waals surface area contributed by atoms with Gasteiger partial charge in [0.05, 0.1) is 11.6 Å². The second-order valence-corrected chi connectivity index (χ2v) is 16.0. The van der Waals surface area contributed by atoms with Gasteiger partial charge in [0.25, 0.3) is 0 Å². The molecular formula is C50H38N4. The molecule has 0 saturated heterocycles. The SMILES string of the molecule is N#Cc1ccc(-c2ccc3c(c2)-c2ccc(-c4cccc(-c5nc(-c6ccccc6)nc(-c6ccccc6)n5)c4)cc2C32C3CC4CC(C3)CC2C4)cc1. The summed E-state index contributed by atoms with van der Waals surface area (Å²) in [7, 11) is 0. The van der Waals surface area contributed by atoms with Crippen LogP contribution < -0.4 is 0 Å². The topological polar surface area (TPSA) is 62.5 Å². The van der Waals surface area contributed by atoms with E-state index in [0.717, 1.165) is 34.1 Å². The quantitative estimate of drug-likeness (QED) is 0.180. The third-order valence-corrected chi connectivity index (χ3v) is 13.1. The van der Waals surface area contributed by atoms with E-state index in [2.05, 4.69) is 103 Å². The zero-order valence-electron chi connectivity index (χ0n) is 30.0. The highest BCUT2D eigenvalue weighted by Gasteiger charge is 2.61. The highest BCUT2D eigenvalue weighted by molar-refractivity contribution is 5.88. The van der Waals surface area contributed by atoms with Crippen molar-refractivity contribution in [3.05, 3.63) is 162 Å². The maximum atomic E-state index is 9.40. The summed E-state index contributed by atoms with van der Waals surface area (Å²) in [5, 5.41) is 9.40. The molecule has 0 unspecified atom stereocenters. The summed E-state index contributed by atoms with van der Waals surface area (Å²) in [6, 6.07) is 53.9. The fourth-order valence-corrected chi connectivity index (χ4v) is 11.1. The molecule has 54 heavy (non-hydrogen) atoms. The number of fused-ring (bicyclic) bond motifs is 3. The Hall–Kier alpha value is -6.18. The predicted molar refractivity (Wildman–Crippen MR) is 215 cm³/mol. The summed E-state index contributed by atoms with van der Waals surface area (Å²) in [6.45, 7) is 0. The van der Waals surface area contributed by atoms with Crippen molar-refractivity contribution in [1.82, 2.24) is 15.0 Å². The maximum Gasteiger partial charge on any atom is 0.164 e. The highest BCUT2D eigenvalue weighted by atomic mass is 15.0. The Morgan fingerprint density at radius 3 is 1.57 bits per heavy atom. The fraction of sp³-hybridized carbons (Fsp3) is 0.200. The van der Waals surface area contributed by atoms with Crippen LogP contribution in [0.25, 0.3) is 67.5 Å². The average Bonchev–Trinajstić information content (AvgIpc) is 3.52. The zero-order chi connectivity index (χ0) is 35.8. The molecule has 4 bridgehead atoms. The molecule has 0 amide bonds. The van der Waals surface area contributed by atoms with E-state index in [-0.39, 0.29) is 5.41 Å². The number of hydrogen-bond acceptors (Lipinski definition) is 4. The molecular weight excluding hydrogens is 657 g/mol. The number of rotatable bonds is 5. The van der Waals surface area contributed by atoms with Crippen molar-refractivity contribution in [2.24, 2.45) is 23.7 Å². The van der Waals surface area contributed by atoms with Crippen molar-refractivity contribution in [2.75, 3.05) is 0 Å². The first kappa shape index (κ1) is 31.4. The maximum absolute atomic E-state index is 9.40. The van der Waals surface area contributed by atoms with Crippen molar-refractivity contribution in [3.63, 3.8) is 0 Å². The number of hydrogen-bond donors (Lipinski definition) is 0. The van der Waals surface area contributed by atoms with E-state index in [1.54, 1.807) is 5.56 Å². The Bertz CT molecular complexity index is 2530. The number of benzene rings is 6. The third-order valence-electron chi connectivity index (χ3n) is 13.1. The van der Waals surface area contributed by atoms with Gasteiger partial charge in [0.2, 0.25) is 0 Å². The molecule has 5 aliphatic rings. The Morgan fingerprint density at radius 2 is 0.944 bits per heavy atom. The van der Waals surface area contributed by atoms with Gasteiger partial charge in [-0.3, -0.25) is 0 Å². The molecule has 0 atom stereocenters. The van der Waals surface area contributed by atoms with E-state index in [1.165, 1.54) is 65.5 Å². The van der Waals surface area contributed by atoms with E-state index in [0.29, 0.717) is 34.9 Å². The minimum Gasteiger partial charge on any atom is -0.208 e. The van der Waals surface area contributed by atoms with E-state index in [9.17, 15) is 5.26 Å². The molecule has 0 N–H and O–H groups in total. The molecule has 4 saturated carbocycles. The van der Waals surface area contributed by atoms with Crippen molar-refractivity contribution >= 4 is 0 Å². The first-order valence-corrected chi connectivity index (χ1v) is 19.4. The van der Waals surface area contributed by atoms with Crippen LogP contribution in [0.5, 0.6) is 0 Å². The van der Waals surface area contributed by atoms with Crippen molar-refractivity contribution in [2.45, 2.75) is 37.5 Å². The average molecular weight is 695 g/mol. The van der Waals surface area contributed by atoms with Crippen LogP contribution in [0, 0.1) is 35.0 Å². The molecule has 12 rings (SSSR count). The smallest absolute Gasteiger partial charge is 0.164 e. The third kappa shape index (κ3) is 4.85. The second-order valence-electron chi connectivity index (χ2n) is 16.0. The van der Waals surface area contributed by atoms with Gasteiger partial charge in [0.15, 0.2) is 17.5 Å². The molecule has 4 nitrogen and oxygen atoms in total.